The molecule has 0 radical (unpaired) electrons. The van der Waals surface area contributed by atoms with E-state index in [9.17, 15) is 0 Å². The molecule has 21 heavy (non-hydrogen) atoms. The topological polar surface area (TPSA) is 92.5 Å². The first-order chi connectivity index (χ1) is 10.2. The molecule has 4 N–H and O–H groups in total. The molecule has 0 saturated heterocycles. The number of nitrogen functional groups attached to an aromatic ring is 1. The van der Waals surface area contributed by atoms with Crippen LogP contribution in [0.1, 0.15) is 11.3 Å². The number of nitrogens with zero attached hydrogens (tertiary/aromatic N) is 3. The number of halogens is 1. The van der Waals surface area contributed by atoms with Crippen molar-refractivity contribution in [2.24, 2.45) is 0 Å². The lowest BCUT2D eigenvalue weighted by atomic mass is 10.1. The summed E-state index contributed by atoms with van der Waals surface area (Å²) in [5.74, 6) is 0.646. The monoisotopic (exact) mass is 300 g/mol. The van der Waals surface area contributed by atoms with Crippen molar-refractivity contribution in [3.8, 4) is 0 Å². The predicted octanol–water partition coefficient (Wildman–Crippen LogP) is 2.77. The van der Waals surface area contributed by atoms with Crippen LogP contribution in [0.5, 0.6) is 0 Å². The Hall–Kier alpha value is -2.60. The summed E-state index contributed by atoms with van der Waals surface area (Å²) in [4.78, 5) is 8.56. The van der Waals surface area contributed by atoms with Gasteiger partial charge in [0.1, 0.15) is 10.8 Å². The second-order valence-electron chi connectivity index (χ2n) is 4.47. The van der Waals surface area contributed by atoms with Gasteiger partial charge in [0.15, 0.2) is 0 Å². The Balaban J connectivity index is 1.90. The van der Waals surface area contributed by atoms with E-state index in [0.717, 1.165) is 11.3 Å². The Kier molecular flexibility index (Phi) is 3.70. The third kappa shape index (κ3) is 3.11. The van der Waals surface area contributed by atoms with E-state index in [1.165, 1.54) is 0 Å². The number of benzene rings is 1. The van der Waals surface area contributed by atoms with E-state index in [1.807, 2.05) is 30.3 Å². The maximum Gasteiger partial charge on any atom is 0.229 e. The van der Waals surface area contributed by atoms with Crippen LogP contribution in [0.3, 0.4) is 0 Å². The molecule has 2 heterocycles. The molecule has 0 aliphatic rings. The van der Waals surface area contributed by atoms with Crippen molar-refractivity contribution in [1.82, 2.24) is 20.2 Å². The number of nitrogens with one attached hydrogen (secondary N) is 2. The van der Waals surface area contributed by atoms with Gasteiger partial charge in [0.2, 0.25) is 5.95 Å². The second kappa shape index (κ2) is 5.80. The molecular weight excluding hydrogens is 288 g/mol. The minimum absolute atomic E-state index is 0.253. The van der Waals surface area contributed by atoms with Gasteiger partial charge in [-0.05, 0) is 5.56 Å². The highest BCUT2D eigenvalue weighted by molar-refractivity contribution is 6.33. The average molecular weight is 301 g/mol. The van der Waals surface area contributed by atoms with Crippen molar-refractivity contribution < 1.29 is 0 Å². The summed E-state index contributed by atoms with van der Waals surface area (Å²) in [6.45, 7) is 0. The number of hydrogen-bond donors (Lipinski definition) is 3. The van der Waals surface area contributed by atoms with E-state index in [1.54, 1.807) is 12.4 Å². The van der Waals surface area contributed by atoms with Gasteiger partial charge in [-0.3, -0.25) is 5.10 Å². The summed E-state index contributed by atoms with van der Waals surface area (Å²) in [6.07, 6.45) is 3.92. The lowest BCUT2D eigenvalue weighted by Crippen LogP contribution is -2.05. The number of H-pyrrole nitrogens is 1. The zero-order valence-corrected chi connectivity index (χ0v) is 11.8. The highest BCUT2D eigenvalue weighted by Gasteiger charge is 2.11. The Morgan fingerprint density at radius 1 is 1.19 bits per heavy atom. The quantitative estimate of drug-likeness (QED) is 0.689. The molecule has 0 fully saturated rings. The summed E-state index contributed by atoms with van der Waals surface area (Å²) < 4.78 is 0. The highest BCUT2D eigenvalue weighted by Crippen LogP contribution is 2.25. The molecular formula is C14H13ClN6. The minimum Gasteiger partial charge on any atom is -0.382 e. The van der Waals surface area contributed by atoms with Crippen molar-refractivity contribution in [2.45, 2.75) is 6.42 Å². The third-order valence-corrected chi connectivity index (χ3v) is 3.33. The summed E-state index contributed by atoms with van der Waals surface area (Å²) >= 11 is 6.20. The molecule has 0 saturated carbocycles. The predicted molar refractivity (Wildman–Crippen MR) is 82.6 cm³/mol. The lowest BCUT2D eigenvalue weighted by molar-refractivity contribution is 1.04. The number of rotatable bonds is 4. The van der Waals surface area contributed by atoms with E-state index in [0.29, 0.717) is 23.1 Å². The summed E-state index contributed by atoms with van der Waals surface area (Å²) in [5, 5.41) is 9.96. The summed E-state index contributed by atoms with van der Waals surface area (Å²) in [6, 6.07) is 9.93. The molecule has 6 nitrogen and oxygen atoms in total. The average Bonchev–Trinajstić information content (AvgIpc) is 2.98. The van der Waals surface area contributed by atoms with Crippen molar-refractivity contribution in [2.75, 3.05) is 11.1 Å². The molecule has 0 aliphatic carbocycles. The lowest BCUT2D eigenvalue weighted by Gasteiger charge is -2.09. The Morgan fingerprint density at radius 2 is 2.00 bits per heavy atom. The molecule has 0 unspecified atom stereocenters. The van der Waals surface area contributed by atoms with Gasteiger partial charge in [0.05, 0.1) is 17.6 Å². The normalized spacial score (nSPS) is 10.5. The van der Waals surface area contributed by atoms with E-state index < -0.39 is 0 Å². The molecule has 0 bridgehead atoms. The Labute approximate surface area is 126 Å². The molecule has 0 amide bonds. The van der Waals surface area contributed by atoms with Crippen LogP contribution in [0, 0.1) is 0 Å². The van der Waals surface area contributed by atoms with Crippen molar-refractivity contribution in [3.63, 3.8) is 0 Å². The van der Waals surface area contributed by atoms with Crippen LogP contribution < -0.4 is 11.1 Å². The van der Waals surface area contributed by atoms with Gasteiger partial charge in [-0.25, -0.2) is 4.98 Å². The minimum atomic E-state index is 0.253. The van der Waals surface area contributed by atoms with E-state index in [4.69, 9.17) is 17.3 Å². The van der Waals surface area contributed by atoms with Crippen molar-refractivity contribution in [3.05, 3.63) is 59.0 Å². The van der Waals surface area contributed by atoms with Crippen LogP contribution in [0.15, 0.2) is 42.7 Å². The SMILES string of the molecule is Nc1nc(Nc2cn[nH]c2)nc(Cc2ccccc2)c1Cl. The summed E-state index contributed by atoms with van der Waals surface area (Å²) in [5.41, 5.74) is 8.40. The Bertz CT molecular complexity index is 727. The number of aromatic nitrogens is 4. The fourth-order valence-corrected chi connectivity index (χ4v) is 2.07. The molecule has 0 spiro atoms. The highest BCUT2D eigenvalue weighted by atomic mass is 35.5. The largest absolute Gasteiger partial charge is 0.382 e. The van der Waals surface area contributed by atoms with Gasteiger partial charge < -0.3 is 11.1 Å². The molecule has 106 valence electrons. The maximum atomic E-state index is 6.20. The van der Waals surface area contributed by atoms with Gasteiger partial charge >= 0.3 is 0 Å². The zero-order chi connectivity index (χ0) is 14.7. The molecule has 2 aromatic heterocycles. The van der Waals surface area contributed by atoms with Gasteiger partial charge in [-0.15, -0.1) is 0 Å². The number of anilines is 3. The van der Waals surface area contributed by atoms with Gasteiger partial charge in [-0.2, -0.15) is 10.1 Å². The van der Waals surface area contributed by atoms with Crippen molar-refractivity contribution >= 4 is 29.1 Å². The number of nitrogens with two attached hydrogens (primary N) is 1. The molecule has 7 heteroatoms. The van der Waals surface area contributed by atoms with Crippen LogP contribution in [0.4, 0.5) is 17.5 Å². The van der Waals surface area contributed by atoms with Crippen LogP contribution in [0.2, 0.25) is 5.02 Å². The summed E-state index contributed by atoms with van der Waals surface area (Å²) in [7, 11) is 0. The zero-order valence-electron chi connectivity index (χ0n) is 11.0. The van der Waals surface area contributed by atoms with E-state index >= 15 is 0 Å². The molecule has 0 aliphatic heterocycles. The second-order valence-corrected chi connectivity index (χ2v) is 4.85. The van der Waals surface area contributed by atoms with Crippen molar-refractivity contribution in [1.29, 1.82) is 0 Å². The number of aromatic amines is 1. The van der Waals surface area contributed by atoms with Crippen LogP contribution in [-0.2, 0) is 6.42 Å². The van der Waals surface area contributed by atoms with Gasteiger partial charge in [-0.1, -0.05) is 41.9 Å². The van der Waals surface area contributed by atoms with Gasteiger partial charge in [0.25, 0.3) is 0 Å². The van der Waals surface area contributed by atoms with Gasteiger partial charge in [0, 0.05) is 12.6 Å². The standard InChI is InChI=1S/C14H13ClN6/c15-12-11(6-9-4-2-1-3-5-9)20-14(21-13(12)16)19-10-7-17-18-8-10/h1-5,7-8H,6H2,(H,17,18)(H3,16,19,20,21). The first-order valence-corrected chi connectivity index (χ1v) is 6.72. The number of hydrogen-bond acceptors (Lipinski definition) is 5. The molecule has 3 aromatic rings. The first-order valence-electron chi connectivity index (χ1n) is 6.34. The van der Waals surface area contributed by atoms with E-state index in [-0.39, 0.29) is 5.82 Å². The molecule has 1 aromatic carbocycles. The first kappa shape index (κ1) is 13.4. The fourth-order valence-electron chi connectivity index (χ4n) is 1.92. The molecule has 3 rings (SSSR count). The molecule has 0 atom stereocenters. The maximum absolute atomic E-state index is 6.20. The smallest absolute Gasteiger partial charge is 0.229 e. The Morgan fingerprint density at radius 3 is 2.71 bits per heavy atom. The van der Waals surface area contributed by atoms with Crippen LogP contribution >= 0.6 is 11.6 Å². The third-order valence-electron chi connectivity index (χ3n) is 2.91. The fraction of sp³-hybridized carbons (Fsp3) is 0.0714. The van der Waals surface area contributed by atoms with Crippen LogP contribution in [-0.4, -0.2) is 20.2 Å². The van der Waals surface area contributed by atoms with Crippen LogP contribution in [0.25, 0.3) is 0 Å². The van der Waals surface area contributed by atoms with E-state index in [2.05, 4.69) is 25.5 Å².